The lowest BCUT2D eigenvalue weighted by molar-refractivity contribution is 0.0664. The van der Waals surface area contributed by atoms with Gasteiger partial charge in [-0.05, 0) is 31.2 Å². The highest BCUT2D eigenvalue weighted by molar-refractivity contribution is 7.99. The number of amides is 2. The lowest BCUT2D eigenvalue weighted by Crippen LogP contribution is -2.31. The number of thioether (sulfide) groups is 1. The first-order valence-corrected chi connectivity index (χ1v) is 9.10. The molecule has 2 aromatic carbocycles. The molecule has 1 aliphatic heterocycles. The molecule has 0 fully saturated rings. The number of fused-ring (bicyclic) bond motifs is 1. The van der Waals surface area contributed by atoms with E-state index in [2.05, 4.69) is 10.2 Å². The maximum absolute atomic E-state index is 12.3. The predicted octanol–water partition coefficient (Wildman–Crippen LogP) is 3.43. The first-order valence-electron chi connectivity index (χ1n) is 8.12. The van der Waals surface area contributed by atoms with E-state index in [-0.39, 0.29) is 11.8 Å². The van der Waals surface area contributed by atoms with Crippen LogP contribution in [-0.2, 0) is 0 Å². The van der Waals surface area contributed by atoms with Crippen LogP contribution in [0, 0.1) is 6.92 Å². The summed E-state index contributed by atoms with van der Waals surface area (Å²) in [6, 6.07) is 14.7. The smallest absolute Gasteiger partial charge is 0.276 e. The number of benzene rings is 2. The average molecular weight is 365 g/mol. The molecule has 6 nitrogen and oxygen atoms in total. The predicted molar refractivity (Wildman–Crippen MR) is 97.0 cm³/mol. The van der Waals surface area contributed by atoms with Crippen LogP contribution in [0.4, 0.5) is 0 Å². The van der Waals surface area contributed by atoms with E-state index in [1.807, 2.05) is 31.2 Å². The molecule has 0 spiro atoms. The minimum Gasteiger partial charge on any atom is -0.411 e. The maximum atomic E-state index is 12.3. The van der Waals surface area contributed by atoms with Gasteiger partial charge in [0.05, 0.1) is 11.1 Å². The van der Waals surface area contributed by atoms with Crippen molar-refractivity contribution in [3.05, 3.63) is 65.2 Å². The molecule has 3 aromatic rings. The van der Waals surface area contributed by atoms with E-state index < -0.39 is 0 Å². The quantitative estimate of drug-likeness (QED) is 0.509. The van der Waals surface area contributed by atoms with Crippen LogP contribution in [-0.4, -0.2) is 39.2 Å². The molecule has 1 aromatic heterocycles. The van der Waals surface area contributed by atoms with Crippen LogP contribution in [0.3, 0.4) is 0 Å². The van der Waals surface area contributed by atoms with Crippen molar-refractivity contribution in [2.24, 2.45) is 0 Å². The Labute approximate surface area is 154 Å². The Bertz CT molecular complexity index is 947. The van der Waals surface area contributed by atoms with Gasteiger partial charge in [0.25, 0.3) is 17.0 Å². The third kappa shape index (κ3) is 3.01. The summed E-state index contributed by atoms with van der Waals surface area (Å²) in [4.78, 5) is 25.9. The fraction of sp³-hybridized carbons (Fsp3) is 0.158. The van der Waals surface area contributed by atoms with Crippen molar-refractivity contribution in [2.75, 3.05) is 12.3 Å². The second-order valence-corrected chi connectivity index (χ2v) is 6.94. The van der Waals surface area contributed by atoms with Crippen LogP contribution < -0.4 is 0 Å². The summed E-state index contributed by atoms with van der Waals surface area (Å²) in [6.07, 6.45) is 0. The molecule has 2 heterocycles. The maximum Gasteiger partial charge on any atom is 0.276 e. The molecule has 0 atom stereocenters. The van der Waals surface area contributed by atoms with Gasteiger partial charge in [0, 0.05) is 17.9 Å². The fourth-order valence-electron chi connectivity index (χ4n) is 2.75. The minimum atomic E-state index is -0.253. The SMILES string of the molecule is Cc1ccc(-c2nnc(SCCN3C(=O)c4ccccc4C3=O)o2)cc1. The van der Waals surface area contributed by atoms with E-state index in [0.29, 0.717) is 34.5 Å². The van der Waals surface area contributed by atoms with Gasteiger partial charge in [0.15, 0.2) is 0 Å². The van der Waals surface area contributed by atoms with Gasteiger partial charge in [-0.1, -0.05) is 41.6 Å². The van der Waals surface area contributed by atoms with Crippen LogP contribution >= 0.6 is 11.8 Å². The lowest BCUT2D eigenvalue weighted by atomic mass is 10.1. The van der Waals surface area contributed by atoms with E-state index in [4.69, 9.17) is 4.42 Å². The largest absolute Gasteiger partial charge is 0.411 e. The Morgan fingerprint density at radius 2 is 1.62 bits per heavy atom. The van der Waals surface area contributed by atoms with Gasteiger partial charge >= 0.3 is 0 Å². The lowest BCUT2D eigenvalue weighted by Gasteiger charge is -2.12. The topological polar surface area (TPSA) is 76.3 Å². The third-order valence-electron chi connectivity index (χ3n) is 4.12. The van der Waals surface area contributed by atoms with Crippen molar-refractivity contribution in [1.29, 1.82) is 0 Å². The van der Waals surface area contributed by atoms with Gasteiger partial charge in [-0.2, -0.15) is 0 Å². The number of imide groups is 1. The van der Waals surface area contributed by atoms with Gasteiger partial charge in [-0.15, -0.1) is 10.2 Å². The van der Waals surface area contributed by atoms with Gasteiger partial charge in [0.2, 0.25) is 5.89 Å². The molecule has 7 heteroatoms. The number of rotatable bonds is 5. The van der Waals surface area contributed by atoms with Crippen LogP contribution in [0.1, 0.15) is 26.3 Å². The first-order chi connectivity index (χ1) is 12.6. The molecule has 0 bridgehead atoms. The van der Waals surface area contributed by atoms with Crippen LogP contribution in [0.15, 0.2) is 58.2 Å². The molecule has 0 aliphatic carbocycles. The number of nitrogens with zero attached hydrogens (tertiary/aromatic N) is 3. The summed E-state index contributed by atoms with van der Waals surface area (Å²) in [5.74, 6) is 0.434. The summed E-state index contributed by atoms with van der Waals surface area (Å²) in [5, 5.41) is 8.47. The summed E-state index contributed by atoms with van der Waals surface area (Å²) >= 11 is 1.32. The molecule has 2 amide bonds. The molecule has 0 N–H and O–H groups in total. The van der Waals surface area contributed by atoms with E-state index in [9.17, 15) is 9.59 Å². The Hall–Kier alpha value is -2.93. The van der Waals surface area contributed by atoms with Crippen molar-refractivity contribution >= 4 is 23.6 Å². The zero-order valence-corrected chi connectivity index (χ0v) is 14.8. The standard InChI is InChI=1S/C19H15N3O3S/c1-12-6-8-13(9-7-12)16-20-21-19(25-16)26-11-10-22-17(23)14-4-2-3-5-15(14)18(22)24/h2-9H,10-11H2,1H3. The minimum absolute atomic E-state index is 0.253. The van der Waals surface area contributed by atoms with Crippen molar-refractivity contribution < 1.29 is 14.0 Å². The Morgan fingerprint density at radius 3 is 2.27 bits per heavy atom. The normalized spacial score (nSPS) is 13.3. The molecular formula is C19H15N3O3S. The molecule has 0 radical (unpaired) electrons. The van der Waals surface area contributed by atoms with Crippen LogP contribution in [0.5, 0.6) is 0 Å². The summed E-state index contributed by atoms with van der Waals surface area (Å²) in [7, 11) is 0. The summed E-state index contributed by atoms with van der Waals surface area (Å²) < 4.78 is 5.64. The zero-order valence-electron chi connectivity index (χ0n) is 14.0. The van der Waals surface area contributed by atoms with E-state index in [0.717, 1.165) is 11.1 Å². The molecule has 4 rings (SSSR count). The average Bonchev–Trinajstić information content (AvgIpc) is 3.22. The first kappa shape index (κ1) is 16.5. The van der Waals surface area contributed by atoms with Crippen molar-refractivity contribution in [2.45, 2.75) is 12.1 Å². The van der Waals surface area contributed by atoms with E-state index >= 15 is 0 Å². The molecular weight excluding hydrogens is 350 g/mol. The second kappa shape index (κ2) is 6.76. The van der Waals surface area contributed by atoms with E-state index in [1.54, 1.807) is 24.3 Å². The van der Waals surface area contributed by atoms with Crippen molar-refractivity contribution in [3.63, 3.8) is 0 Å². The molecule has 26 heavy (non-hydrogen) atoms. The monoisotopic (exact) mass is 365 g/mol. The highest BCUT2D eigenvalue weighted by Gasteiger charge is 2.34. The highest BCUT2D eigenvalue weighted by Crippen LogP contribution is 2.26. The summed E-state index contributed by atoms with van der Waals surface area (Å²) in [6.45, 7) is 2.30. The van der Waals surface area contributed by atoms with Crippen LogP contribution in [0.2, 0.25) is 0 Å². The number of aromatic nitrogens is 2. The fourth-order valence-corrected chi connectivity index (χ4v) is 3.43. The Morgan fingerprint density at radius 1 is 0.962 bits per heavy atom. The van der Waals surface area contributed by atoms with E-state index in [1.165, 1.54) is 16.7 Å². The number of aryl methyl sites for hydroxylation is 1. The molecule has 130 valence electrons. The Balaban J connectivity index is 1.38. The molecule has 1 aliphatic rings. The van der Waals surface area contributed by atoms with Gasteiger partial charge < -0.3 is 4.42 Å². The van der Waals surface area contributed by atoms with Gasteiger partial charge in [-0.25, -0.2) is 0 Å². The number of hydrogen-bond donors (Lipinski definition) is 0. The number of hydrogen-bond acceptors (Lipinski definition) is 6. The summed E-state index contributed by atoms with van der Waals surface area (Å²) in [5.41, 5.74) is 2.93. The molecule has 0 unspecified atom stereocenters. The number of carbonyl (C=O) groups is 2. The third-order valence-corrected chi connectivity index (χ3v) is 4.92. The second-order valence-electron chi connectivity index (χ2n) is 5.90. The highest BCUT2D eigenvalue weighted by atomic mass is 32.2. The van der Waals surface area contributed by atoms with Crippen molar-refractivity contribution in [1.82, 2.24) is 15.1 Å². The molecule has 0 saturated heterocycles. The van der Waals surface area contributed by atoms with Gasteiger partial charge in [0.1, 0.15) is 0 Å². The molecule has 0 saturated carbocycles. The van der Waals surface area contributed by atoms with Gasteiger partial charge in [-0.3, -0.25) is 14.5 Å². The number of carbonyl (C=O) groups excluding carboxylic acids is 2. The Kier molecular flexibility index (Phi) is 4.30. The van der Waals surface area contributed by atoms with Crippen LogP contribution in [0.25, 0.3) is 11.5 Å². The zero-order chi connectivity index (χ0) is 18.1. The van der Waals surface area contributed by atoms with Crippen molar-refractivity contribution in [3.8, 4) is 11.5 Å².